The van der Waals surface area contributed by atoms with E-state index >= 15 is 0 Å². The van der Waals surface area contributed by atoms with Gasteiger partial charge in [-0.25, -0.2) is 0 Å². The molecule has 0 saturated carbocycles. The van der Waals surface area contributed by atoms with E-state index in [0.717, 1.165) is 18.7 Å². The van der Waals surface area contributed by atoms with Gasteiger partial charge in [-0.3, -0.25) is 5.32 Å². The van der Waals surface area contributed by atoms with E-state index in [-0.39, 0.29) is 5.50 Å². The first-order chi connectivity index (χ1) is 4.88. The van der Waals surface area contributed by atoms with Crippen molar-refractivity contribution in [3.8, 4) is 0 Å². The minimum absolute atomic E-state index is 0.126. The van der Waals surface area contributed by atoms with Crippen LogP contribution in [0.4, 0.5) is 0 Å². The van der Waals surface area contributed by atoms with Gasteiger partial charge in [0.1, 0.15) is 11.3 Å². The molecule has 1 N–H and O–H groups in total. The maximum Gasteiger partial charge on any atom is 0.141 e. The molecule has 1 aromatic heterocycles. The van der Waals surface area contributed by atoms with Crippen LogP contribution in [0.3, 0.4) is 0 Å². The average Bonchev–Trinajstić information content (AvgIpc) is 2.36. The van der Waals surface area contributed by atoms with Gasteiger partial charge in [-0.05, 0) is 18.1 Å². The highest BCUT2D eigenvalue weighted by molar-refractivity contribution is 6.20. The number of nitrogens with one attached hydrogen (secondary N) is 1. The Bertz CT molecular complexity index is 233. The van der Waals surface area contributed by atoms with Gasteiger partial charge >= 0.3 is 0 Å². The van der Waals surface area contributed by atoms with Crippen LogP contribution in [0.2, 0.25) is 0 Å². The quantitative estimate of drug-likeness (QED) is 0.458. The second-order valence-corrected chi connectivity index (χ2v) is 2.81. The van der Waals surface area contributed by atoms with Gasteiger partial charge in [-0.2, -0.15) is 0 Å². The summed E-state index contributed by atoms with van der Waals surface area (Å²) >= 11 is 5.88. The zero-order valence-corrected chi connectivity index (χ0v) is 6.19. The third-order valence-corrected chi connectivity index (χ3v) is 2.08. The molecule has 2 heterocycles. The molecule has 1 unspecified atom stereocenters. The van der Waals surface area contributed by atoms with Gasteiger partial charge in [-0.15, -0.1) is 0 Å². The Labute approximate surface area is 64.2 Å². The lowest BCUT2D eigenvalue weighted by molar-refractivity contribution is 0.453. The van der Waals surface area contributed by atoms with Crippen LogP contribution in [-0.4, -0.2) is 6.54 Å². The molecule has 3 heteroatoms. The van der Waals surface area contributed by atoms with E-state index in [0.29, 0.717) is 0 Å². The lowest BCUT2D eigenvalue weighted by Crippen LogP contribution is -2.25. The molecule has 0 aliphatic carbocycles. The van der Waals surface area contributed by atoms with Crippen molar-refractivity contribution in [3.63, 3.8) is 0 Å². The fraction of sp³-hybridized carbons (Fsp3) is 0.429. The number of rotatable bonds is 0. The van der Waals surface area contributed by atoms with E-state index in [1.54, 1.807) is 6.26 Å². The minimum atomic E-state index is -0.126. The highest BCUT2D eigenvalue weighted by Gasteiger charge is 2.19. The standard InChI is InChI=1S/C7H8ClNO/c8-7-6-5(1-3-9-7)2-4-10-6/h2,4,7,9H,1,3H2. The van der Waals surface area contributed by atoms with Crippen molar-refractivity contribution in [1.82, 2.24) is 5.32 Å². The van der Waals surface area contributed by atoms with E-state index in [1.807, 2.05) is 6.07 Å². The maximum absolute atomic E-state index is 5.88. The van der Waals surface area contributed by atoms with Crippen molar-refractivity contribution in [2.45, 2.75) is 11.9 Å². The van der Waals surface area contributed by atoms with Crippen LogP contribution in [0.1, 0.15) is 16.8 Å². The molecule has 10 heavy (non-hydrogen) atoms. The average molecular weight is 158 g/mol. The number of alkyl halides is 1. The summed E-state index contributed by atoms with van der Waals surface area (Å²) in [6.07, 6.45) is 2.71. The minimum Gasteiger partial charge on any atom is -0.466 e. The van der Waals surface area contributed by atoms with Crippen molar-refractivity contribution >= 4 is 11.6 Å². The van der Waals surface area contributed by atoms with E-state index < -0.39 is 0 Å². The van der Waals surface area contributed by atoms with E-state index in [9.17, 15) is 0 Å². The summed E-state index contributed by atoms with van der Waals surface area (Å²) < 4.78 is 5.17. The normalized spacial score (nSPS) is 24.3. The van der Waals surface area contributed by atoms with Crippen molar-refractivity contribution in [2.75, 3.05) is 6.54 Å². The largest absolute Gasteiger partial charge is 0.466 e. The van der Waals surface area contributed by atoms with Crippen molar-refractivity contribution in [2.24, 2.45) is 0 Å². The summed E-state index contributed by atoms with van der Waals surface area (Å²) in [6, 6.07) is 1.98. The molecule has 0 aromatic carbocycles. The monoisotopic (exact) mass is 157 g/mol. The molecular formula is C7H8ClNO. The summed E-state index contributed by atoms with van der Waals surface area (Å²) in [4.78, 5) is 0. The SMILES string of the molecule is ClC1NCCc2ccoc21. The number of hydrogen-bond donors (Lipinski definition) is 1. The molecule has 2 nitrogen and oxygen atoms in total. The lowest BCUT2D eigenvalue weighted by atomic mass is 10.1. The molecule has 0 spiro atoms. The first-order valence-corrected chi connectivity index (χ1v) is 3.75. The summed E-state index contributed by atoms with van der Waals surface area (Å²) in [7, 11) is 0. The second kappa shape index (κ2) is 2.29. The molecule has 0 bridgehead atoms. The predicted octanol–water partition coefficient (Wildman–Crippen LogP) is 1.66. The molecule has 0 amide bonds. The van der Waals surface area contributed by atoms with Crippen LogP contribution in [0, 0.1) is 0 Å². The van der Waals surface area contributed by atoms with Crippen LogP contribution < -0.4 is 5.32 Å². The van der Waals surface area contributed by atoms with Crippen LogP contribution in [0.5, 0.6) is 0 Å². The van der Waals surface area contributed by atoms with E-state index in [1.165, 1.54) is 5.56 Å². The Morgan fingerprint density at radius 1 is 1.70 bits per heavy atom. The van der Waals surface area contributed by atoms with Gasteiger partial charge in [0.2, 0.25) is 0 Å². The fourth-order valence-corrected chi connectivity index (χ4v) is 1.50. The van der Waals surface area contributed by atoms with Crippen molar-refractivity contribution in [1.29, 1.82) is 0 Å². The topological polar surface area (TPSA) is 25.2 Å². The lowest BCUT2D eigenvalue weighted by Gasteiger charge is -2.16. The van der Waals surface area contributed by atoms with E-state index in [4.69, 9.17) is 16.0 Å². The fourth-order valence-electron chi connectivity index (χ4n) is 1.20. The maximum atomic E-state index is 5.88. The number of hydrogen-bond acceptors (Lipinski definition) is 2. The molecule has 1 atom stereocenters. The predicted molar refractivity (Wildman–Crippen MR) is 39.0 cm³/mol. The van der Waals surface area contributed by atoms with Crippen LogP contribution in [-0.2, 0) is 6.42 Å². The van der Waals surface area contributed by atoms with Gasteiger partial charge in [-0.1, -0.05) is 11.6 Å². The van der Waals surface area contributed by atoms with Gasteiger partial charge in [0.15, 0.2) is 0 Å². The molecule has 0 fully saturated rings. The Balaban J connectivity index is 2.41. The summed E-state index contributed by atoms with van der Waals surface area (Å²) in [5.74, 6) is 0.882. The van der Waals surface area contributed by atoms with Crippen LogP contribution in [0.25, 0.3) is 0 Å². The van der Waals surface area contributed by atoms with Crippen molar-refractivity contribution < 1.29 is 4.42 Å². The Morgan fingerprint density at radius 3 is 3.40 bits per heavy atom. The molecule has 54 valence electrons. The van der Waals surface area contributed by atoms with Crippen LogP contribution >= 0.6 is 11.6 Å². The molecule has 0 radical (unpaired) electrons. The summed E-state index contributed by atoms with van der Waals surface area (Å²) in [6.45, 7) is 0.945. The van der Waals surface area contributed by atoms with Crippen LogP contribution in [0.15, 0.2) is 16.7 Å². The summed E-state index contributed by atoms with van der Waals surface area (Å²) in [5.41, 5.74) is 1.11. The summed E-state index contributed by atoms with van der Waals surface area (Å²) in [5, 5.41) is 3.10. The van der Waals surface area contributed by atoms with E-state index in [2.05, 4.69) is 5.32 Å². The molecule has 0 saturated heterocycles. The number of furan rings is 1. The number of halogens is 1. The Kier molecular flexibility index (Phi) is 1.43. The molecule has 1 aromatic rings. The highest BCUT2D eigenvalue weighted by Crippen LogP contribution is 2.25. The zero-order chi connectivity index (χ0) is 6.97. The van der Waals surface area contributed by atoms with Gasteiger partial charge in [0.05, 0.1) is 6.26 Å². The third-order valence-electron chi connectivity index (χ3n) is 1.73. The second-order valence-electron chi connectivity index (χ2n) is 2.38. The first-order valence-electron chi connectivity index (χ1n) is 3.31. The van der Waals surface area contributed by atoms with Crippen molar-refractivity contribution in [3.05, 3.63) is 23.7 Å². The Morgan fingerprint density at radius 2 is 2.60 bits per heavy atom. The Hall–Kier alpha value is -0.470. The zero-order valence-electron chi connectivity index (χ0n) is 5.43. The highest BCUT2D eigenvalue weighted by atomic mass is 35.5. The van der Waals surface area contributed by atoms with Gasteiger partial charge < -0.3 is 4.42 Å². The first kappa shape index (κ1) is 6.25. The molecule has 2 rings (SSSR count). The number of fused-ring (bicyclic) bond motifs is 1. The van der Waals surface area contributed by atoms with Gasteiger partial charge in [0, 0.05) is 6.54 Å². The van der Waals surface area contributed by atoms with Gasteiger partial charge in [0.25, 0.3) is 0 Å². The molecular weight excluding hydrogens is 150 g/mol. The smallest absolute Gasteiger partial charge is 0.141 e. The molecule has 1 aliphatic rings. The third kappa shape index (κ3) is 0.842. The molecule has 1 aliphatic heterocycles.